The van der Waals surface area contributed by atoms with Crippen LogP contribution in [0.4, 0.5) is 11.4 Å². The lowest BCUT2D eigenvalue weighted by atomic mass is 10.1. The number of piperidine rings is 1. The number of nitrogens with zero attached hydrogens (tertiary/aromatic N) is 4. The molecule has 0 aliphatic carbocycles. The highest BCUT2D eigenvalue weighted by molar-refractivity contribution is 7.89. The Morgan fingerprint density at radius 1 is 1.18 bits per heavy atom. The molecular weight excluding hydrogens is 382 g/mol. The van der Waals surface area contributed by atoms with Crippen molar-refractivity contribution in [2.24, 2.45) is 5.10 Å². The SMILES string of the molecule is CCCN1CCC(=NNc2ccc(S(=O)(=O)N3CCCC3)cc2[N+](=O)[O-])CC1. The van der Waals surface area contributed by atoms with Gasteiger partial charge in [-0.05, 0) is 37.9 Å². The molecule has 2 aliphatic rings. The molecule has 0 atom stereocenters. The summed E-state index contributed by atoms with van der Waals surface area (Å²) in [7, 11) is -3.70. The van der Waals surface area contributed by atoms with Gasteiger partial charge in [0, 0.05) is 50.8 Å². The van der Waals surface area contributed by atoms with E-state index in [2.05, 4.69) is 22.4 Å². The van der Waals surface area contributed by atoms with Gasteiger partial charge in [-0.3, -0.25) is 15.5 Å². The summed E-state index contributed by atoms with van der Waals surface area (Å²) in [5.41, 5.74) is 3.67. The highest BCUT2D eigenvalue weighted by atomic mass is 32.2. The molecule has 1 aromatic rings. The van der Waals surface area contributed by atoms with E-state index in [-0.39, 0.29) is 16.3 Å². The van der Waals surface area contributed by atoms with Crippen LogP contribution in [0.5, 0.6) is 0 Å². The van der Waals surface area contributed by atoms with Crippen LogP contribution in [0.2, 0.25) is 0 Å². The van der Waals surface area contributed by atoms with Gasteiger partial charge in [-0.2, -0.15) is 9.41 Å². The Hall–Kier alpha value is -2.04. The predicted molar refractivity (Wildman–Crippen MR) is 108 cm³/mol. The molecule has 1 aromatic carbocycles. The lowest BCUT2D eigenvalue weighted by molar-refractivity contribution is -0.384. The molecule has 0 unspecified atom stereocenters. The number of likely N-dealkylation sites (tertiary alicyclic amines) is 1. The molecular formula is C18H27N5O4S. The second-order valence-corrected chi connectivity index (χ2v) is 9.12. The van der Waals surface area contributed by atoms with Crippen molar-refractivity contribution < 1.29 is 13.3 Å². The first-order valence-electron chi connectivity index (χ1n) is 9.74. The van der Waals surface area contributed by atoms with Crippen LogP contribution in [0.25, 0.3) is 0 Å². The van der Waals surface area contributed by atoms with Crippen LogP contribution in [-0.2, 0) is 10.0 Å². The molecule has 2 heterocycles. The minimum atomic E-state index is -3.70. The van der Waals surface area contributed by atoms with Crippen molar-refractivity contribution in [1.82, 2.24) is 9.21 Å². The average molecular weight is 410 g/mol. The maximum absolute atomic E-state index is 12.7. The summed E-state index contributed by atoms with van der Waals surface area (Å²) in [6.07, 6.45) is 4.39. The highest BCUT2D eigenvalue weighted by Crippen LogP contribution is 2.30. The third-order valence-electron chi connectivity index (χ3n) is 5.18. The molecule has 28 heavy (non-hydrogen) atoms. The summed E-state index contributed by atoms with van der Waals surface area (Å²) >= 11 is 0. The van der Waals surface area contributed by atoms with E-state index in [0.29, 0.717) is 13.1 Å². The number of sulfonamides is 1. The van der Waals surface area contributed by atoms with Gasteiger partial charge in [0.1, 0.15) is 5.69 Å². The Balaban J connectivity index is 1.75. The van der Waals surface area contributed by atoms with E-state index in [1.807, 2.05) is 0 Å². The van der Waals surface area contributed by atoms with Crippen LogP contribution < -0.4 is 5.43 Å². The van der Waals surface area contributed by atoms with Crippen molar-refractivity contribution in [3.63, 3.8) is 0 Å². The van der Waals surface area contributed by atoms with Gasteiger partial charge in [0.25, 0.3) is 5.69 Å². The Morgan fingerprint density at radius 2 is 1.86 bits per heavy atom. The number of nitrogens with one attached hydrogen (secondary N) is 1. The Morgan fingerprint density at radius 3 is 2.46 bits per heavy atom. The topological polar surface area (TPSA) is 108 Å². The minimum absolute atomic E-state index is 0.0489. The molecule has 1 N–H and O–H groups in total. The molecule has 0 spiro atoms. The third-order valence-corrected chi connectivity index (χ3v) is 7.07. The van der Waals surface area contributed by atoms with Crippen molar-refractivity contribution in [2.75, 3.05) is 38.1 Å². The summed E-state index contributed by atoms with van der Waals surface area (Å²) < 4.78 is 26.7. The summed E-state index contributed by atoms with van der Waals surface area (Å²) in [5.74, 6) is 0. The standard InChI is InChI=1S/C18H27N5O4S/c1-2-9-21-12-7-15(8-13-21)19-20-17-6-5-16(14-18(17)23(24)25)28(26,27)22-10-3-4-11-22/h5-6,14,20H,2-4,7-13H2,1H3. The third kappa shape index (κ3) is 4.68. The molecule has 0 saturated carbocycles. The van der Waals surface area contributed by atoms with E-state index in [0.717, 1.165) is 63.5 Å². The van der Waals surface area contributed by atoms with Crippen LogP contribution >= 0.6 is 0 Å². The zero-order valence-electron chi connectivity index (χ0n) is 16.1. The zero-order chi connectivity index (χ0) is 20.1. The number of hydrogen-bond acceptors (Lipinski definition) is 7. The number of nitro benzene ring substituents is 1. The molecule has 0 bridgehead atoms. The van der Waals surface area contributed by atoms with Crippen LogP contribution in [0, 0.1) is 10.1 Å². The molecule has 2 fully saturated rings. The van der Waals surface area contributed by atoms with Gasteiger partial charge in [-0.25, -0.2) is 8.42 Å². The fourth-order valence-corrected chi connectivity index (χ4v) is 5.13. The fourth-order valence-electron chi connectivity index (χ4n) is 3.60. The summed E-state index contributed by atoms with van der Waals surface area (Å²) in [6.45, 7) is 6.00. The maximum Gasteiger partial charge on any atom is 0.295 e. The van der Waals surface area contributed by atoms with Gasteiger partial charge in [-0.15, -0.1) is 0 Å². The van der Waals surface area contributed by atoms with E-state index >= 15 is 0 Å². The molecule has 2 saturated heterocycles. The smallest absolute Gasteiger partial charge is 0.295 e. The first-order chi connectivity index (χ1) is 13.4. The number of hydrazone groups is 1. The molecule has 154 valence electrons. The quantitative estimate of drug-likeness (QED) is 0.548. The van der Waals surface area contributed by atoms with Gasteiger partial charge in [0.05, 0.1) is 9.82 Å². The van der Waals surface area contributed by atoms with E-state index in [1.54, 1.807) is 0 Å². The lowest BCUT2D eigenvalue weighted by Gasteiger charge is -2.26. The molecule has 3 rings (SSSR count). The monoisotopic (exact) mass is 409 g/mol. The molecule has 10 heteroatoms. The van der Waals surface area contributed by atoms with Crippen molar-refractivity contribution in [3.05, 3.63) is 28.3 Å². The Labute approximate surface area is 165 Å². The maximum atomic E-state index is 12.7. The summed E-state index contributed by atoms with van der Waals surface area (Å²) in [6, 6.07) is 3.96. The lowest BCUT2D eigenvalue weighted by Crippen LogP contribution is -2.34. The van der Waals surface area contributed by atoms with Crippen LogP contribution in [0.15, 0.2) is 28.2 Å². The highest BCUT2D eigenvalue weighted by Gasteiger charge is 2.29. The van der Waals surface area contributed by atoms with E-state index in [4.69, 9.17) is 0 Å². The van der Waals surface area contributed by atoms with E-state index in [9.17, 15) is 18.5 Å². The summed E-state index contributed by atoms with van der Waals surface area (Å²) in [4.78, 5) is 13.2. The predicted octanol–water partition coefficient (Wildman–Crippen LogP) is 2.65. The van der Waals surface area contributed by atoms with Gasteiger partial charge in [0.15, 0.2) is 0 Å². The Kier molecular flexibility index (Phi) is 6.63. The largest absolute Gasteiger partial charge is 0.303 e. The van der Waals surface area contributed by atoms with Crippen LogP contribution in [-0.4, -0.2) is 61.0 Å². The molecule has 9 nitrogen and oxygen atoms in total. The number of anilines is 1. The second-order valence-electron chi connectivity index (χ2n) is 7.18. The van der Waals surface area contributed by atoms with Gasteiger partial charge in [0.2, 0.25) is 10.0 Å². The average Bonchev–Trinajstić information content (AvgIpc) is 3.23. The first kappa shape index (κ1) is 20.7. The molecule has 0 amide bonds. The van der Waals surface area contributed by atoms with Crippen molar-refractivity contribution in [1.29, 1.82) is 0 Å². The van der Waals surface area contributed by atoms with E-state index in [1.165, 1.54) is 16.4 Å². The number of hydrogen-bond donors (Lipinski definition) is 1. The normalized spacial score (nSPS) is 19.0. The molecule has 0 radical (unpaired) electrons. The van der Waals surface area contributed by atoms with Crippen LogP contribution in [0.3, 0.4) is 0 Å². The van der Waals surface area contributed by atoms with Crippen molar-refractivity contribution >= 4 is 27.1 Å². The summed E-state index contributed by atoms with van der Waals surface area (Å²) in [5, 5.41) is 15.8. The Bertz CT molecular complexity index is 840. The second kappa shape index (κ2) is 8.97. The fraction of sp³-hybridized carbons (Fsp3) is 0.611. The van der Waals surface area contributed by atoms with Gasteiger partial charge in [-0.1, -0.05) is 6.92 Å². The molecule has 2 aliphatic heterocycles. The zero-order valence-corrected chi connectivity index (χ0v) is 16.9. The van der Waals surface area contributed by atoms with E-state index < -0.39 is 14.9 Å². The van der Waals surface area contributed by atoms with Crippen LogP contribution in [0.1, 0.15) is 39.0 Å². The van der Waals surface area contributed by atoms with Crippen molar-refractivity contribution in [2.45, 2.75) is 43.9 Å². The first-order valence-corrected chi connectivity index (χ1v) is 11.2. The van der Waals surface area contributed by atoms with Gasteiger partial charge < -0.3 is 4.90 Å². The molecule has 0 aromatic heterocycles. The minimum Gasteiger partial charge on any atom is -0.303 e. The number of nitro groups is 1. The van der Waals surface area contributed by atoms with Crippen molar-refractivity contribution in [3.8, 4) is 0 Å². The van der Waals surface area contributed by atoms with Gasteiger partial charge >= 0.3 is 0 Å². The number of rotatable bonds is 7. The number of benzene rings is 1.